The van der Waals surface area contributed by atoms with Crippen LogP contribution in [0.3, 0.4) is 0 Å². The molecule has 7 nitrogen and oxygen atoms in total. The largest absolute Gasteiger partial charge is 0.493 e. The second-order valence-corrected chi connectivity index (χ2v) is 8.57. The molecule has 0 aliphatic heterocycles. The fourth-order valence-corrected chi connectivity index (χ4v) is 3.55. The zero-order valence-electron chi connectivity index (χ0n) is 17.7. The summed E-state index contributed by atoms with van der Waals surface area (Å²) in [7, 11) is 0. The van der Waals surface area contributed by atoms with Crippen molar-refractivity contribution in [2.45, 2.75) is 11.3 Å². The summed E-state index contributed by atoms with van der Waals surface area (Å²) < 4.78 is 5.79. The number of rotatable bonds is 9. The summed E-state index contributed by atoms with van der Waals surface area (Å²) in [5, 5.41) is 6.25. The van der Waals surface area contributed by atoms with E-state index in [-0.39, 0.29) is 11.3 Å². The van der Waals surface area contributed by atoms with Gasteiger partial charge in [0.2, 0.25) is 0 Å². The number of nitrogens with two attached hydrogens (primary N) is 1. The molecule has 0 saturated carbocycles. The van der Waals surface area contributed by atoms with Crippen molar-refractivity contribution >= 4 is 58.3 Å². The topological polar surface area (TPSA) is 106 Å². The predicted octanol–water partition coefficient (Wildman–Crippen LogP) is 5.34. The maximum Gasteiger partial charge on any atom is 0.259 e. The van der Waals surface area contributed by atoms with Gasteiger partial charge in [0, 0.05) is 16.1 Å². The first-order valence-corrected chi connectivity index (χ1v) is 11.9. The van der Waals surface area contributed by atoms with Crippen molar-refractivity contribution < 1.29 is 14.3 Å². The second kappa shape index (κ2) is 11.9. The third-order valence-corrected chi connectivity index (χ3v) is 5.67. The van der Waals surface area contributed by atoms with E-state index in [1.54, 1.807) is 36.4 Å². The van der Waals surface area contributed by atoms with Crippen LogP contribution in [0.25, 0.3) is 0 Å². The Bertz CT molecular complexity index is 1140. The van der Waals surface area contributed by atoms with Crippen LogP contribution >= 0.6 is 35.0 Å². The van der Waals surface area contributed by atoms with E-state index in [0.29, 0.717) is 46.7 Å². The van der Waals surface area contributed by atoms with Crippen LogP contribution in [-0.2, 0) is 0 Å². The summed E-state index contributed by atoms with van der Waals surface area (Å²) >= 11 is 13.5. The van der Waals surface area contributed by atoms with E-state index in [2.05, 4.69) is 15.6 Å². The molecule has 1 heterocycles. The van der Waals surface area contributed by atoms with Crippen LogP contribution < -0.4 is 21.1 Å². The van der Waals surface area contributed by atoms with Crippen LogP contribution in [0.4, 0.5) is 11.5 Å². The van der Waals surface area contributed by atoms with Gasteiger partial charge in [0.25, 0.3) is 11.8 Å². The van der Waals surface area contributed by atoms with Gasteiger partial charge in [-0.1, -0.05) is 23.2 Å². The van der Waals surface area contributed by atoms with Crippen LogP contribution in [-0.4, -0.2) is 36.2 Å². The van der Waals surface area contributed by atoms with Crippen LogP contribution in [0.1, 0.15) is 27.1 Å². The van der Waals surface area contributed by atoms with Crippen molar-refractivity contribution in [3.8, 4) is 5.75 Å². The van der Waals surface area contributed by atoms with Crippen molar-refractivity contribution in [1.82, 2.24) is 4.98 Å². The first kappa shape index (κ1) is 24.9. The lowest BCUT2D eigenvalue weighted by molar-refractivity contribution is 0.102. The van der Waals surface area contributed by atoms with Gasteiger partial charge in [-0.25, -0.2) is 4.98 Å². The molecule has 1 aromatic heterocycles. The van der Waals surface area contributed by atoms with Crippen LogP contribution in [0.5, 0.6) is 5.75 Å². The highest BCUT2D eigenvalue weighted by molar-refractivity contribution is 7.98. The van der Waals surface area contributed by atoms with Crippen molar-refractivity contribution in [1.29, 1.82) is 0 Å². The number of carbonyl (C=O) groups excluding carboxylic acids is 2. The highest BCUT2D eigenvalue weighted by Crippen LogP contribution is 2.28. The molecule has 0 radical (unpaired) electrons. The first-order chi connectivity index (χ1) is 15.9. The Kier molecular flexibility index (Phi) is 8.96. The first-order valence-electron chi connectivity index (χ1n) is 9.96. The van der Waals surface area contributed by atoms with Gasteiger partial charge in [0.15, 0.2) is 0 Å². The van der Waals surface area contributed by atoms with Gasteiger partial charge >= 0.3 is 0 Å². The van der Waals surface area contributed by atoms with Crippen LogP contribution in [0.2, 0.25) is 10.0 Å². The molecule has 0 spiro atoms. The standard InChI is InChI=1S/C23H22Cl2N4O3S/c1-33-16-5-6-17(20(12-16)32-10-2-9-26)22(30)28-19-7-3-14(24)11-18(19)23(31)29-21-8-4-15(25)13-27-21/h3-8,11-13H,2,9-10,26H2,1H3,(H,28,30)(H,27,29,31). The molecule has 3 rings (SSSR count). The Hall–Kier alpha value is -2.78. The molecule has 3 aromatic rings. The number of hydrogen-bond acceptors (Lipinski definition) is 6. The smallest absolute Gasteiger partial charge is 0.259 e. The number of ether oxygens (including phenoxy) is 1. The van der Waals surface area contributed by atoms with Crippen molar-refractivity contribution in [3.05, 3.63) is 75.9 Å². The summed E-state index contributed by atoms with van der Waals surface area (Å²) in [4.78, 5) is 31.0. The zero-order valence-corrected chi connectivity index (χ0v) is 20.1. The number of benzene rings is 2. The molecule has 0 fully saturated rings. The quantitative estimate of drug-likeness (QED) is 0.268. The number of hydrogen-bond donors (Lipinski definition) is 3. The Morgan fingerprint density at radius 3 is 2.45 bits per heavy atom. The van der Waals surface area contributed by atoms with Crippen molar-refractivity contribution in [2.75, 3.05) is 30.0 Å². The van der Waals surface area contributed by atoms with Crippen LogP contribution in [0.15, 0.2) is 59.6 Å². The third kappa shape index (κ3) is 6.85. The number of pyridine rings is 1. The van der Waals surface area contributed by atoms with E-state index in [1.807, 2.05) is 12.3 Å². The normalized spacial score (nSPS) is 10.5. The fourth-order valence-electron chi connectivity index (χ4n) is 2.84. The molecule has 0 bridgehead atoms. The maximum absolute atomic E-state index is 13.1. The summed E-state index contributed by atoms with van der Waals surface area (Å²) in [5.41, 5.74) is 6.35. The number of aromatic nitrogens is 1. The predicted molar refractivity (Wildman–Crippen MR) is 134 cm³/mol. The lowest BCUT2D eigenvalue weighted by atomic mass is 10.1. The number of amides is 2. The second-order valence-electron chi connectivity index (χ2n) is 6.81. The number of thioether (sulfide) groups is 1. The molecule has 0 atom stereocenters. The Morgan fingerprint density at radius 1 is 1.00 bits per heavy atom. The molecule has 0 aliphatic carbocycles. The van der Waals surface area contributed by atoms with Gasteiger partial charge in [-0.3, -0.25) is 9.59 Å². The molecule has 10 heteroatoms. The summed E-state index contributed by atoms with van der Waals surface area (Å²) in [6.45, 7) is 0.868. The minimum atomic E-state index is -0.486. The number of carbonyl (C=O) groups is 2. The van der Waals surface area contributed by atoms with Crippen molar-refractivity contribution in [2.24, 2.45) is 5.73 Å². The molecular formula is C23H22Cl2N4O3S. The van der Waals surface area contributed by atoms with Crippen molar-refractivity contribution in [3.63, 3.8) is 0 Å². The summed E-state index contributed by atoms with van der Waals surface area (Å²) in [5.74, 6) is -0.158. The van der Waals surface area contributed by atoms with E-state index in [1.165, 1.54) is 24.0 Å². The van der Waals surface area contributed by atoms with E-state index in [4.69, 9.17) is 33.7 Å². The molecular weight excluding hydrogens is 483 g/mol. The minimum absolute atomic E-state index is 0.180. The molecule has 4 N–H and O–H groups in total. The average Bonchev–Trinajstić information content (AvgIpc) is 2.81. The SMILES string of the molecule is CSc1ccc(C(=O)Nc2ccc(Cl)cc2C(=O)Nc2ccc(Cl)cn2)c(OCCCN)c1. The molecule has 0 unspecified atom stereocenters. The number of nitrogens with zero attached hydrogens (tertiary/aromatic N) is 1. The number of nitrogens with one attached hydrogen (secondary N) is 2. The molecule has 2 amide bonds. The van der Waals surface area contributed by atoms with Crippen LogP contribution in [0, 0.1) is 0 Å². The maximum atomic E-state index is 13.1. The Morgan fingerprint density at radius 2 is 1.76 bits per heavy atom. The van der Waals surface area contributed by atoms with E-state index in [0.717, 1.165) is 4.90 Å². The highest BCUT2D eigenvalue weighted by Gasteiger charge is 2.19. The van der Waals surface area contributed by atoms with E-state index < -0.39 is 11.8 Å². The van der Waals surface area contributed by atoms with Gasteiger partial charge in [-0.2, -0.15) is 0 Å². The Balaban J connectivity index is 1.85. The minimum Gasteiger partial charge on any atom is -0.493 e. The average molecular weight is 505 g/mol. The molecule has 0 saturated heterocycles. The lowest BCUT2D eigenvalue weighted by Gasteiger charge is -2.15. The molecule has 172 valence electrons. The van der Waals surface area contributed by atoms with E-state index >= 15 is 0 Å². The van der Waals surface area contributed by atoms with Gasteiger partial charge in [0.1, 0.15) is 11.6 Å². The van der Waals surface area contributed by atoms with Gasteiger partial charge < -0.3 is 21.1 Å². The molecule has 2 aromatic carbocycles. The fraction of sp³-hybridized carbons (Fsp3) is 0.174. The number of halogens is 2. The number of anilines is 2. The van der Waals surface area contributed by atoms with Gasteiger partial charge in [0.05, 0.1) is 28.4 Å². The van der Waals surface area contributed by atoms with Gasteiger partial charge in [-0.05, 0) is 67.8 Å². The monoisotopic (exact) mass is 504 g/mol. The highest BCUT2D eigenvalue weighted by atomic mass is 35.5. The third-order valence-electron chi connectivity index (χ3n) is 4.48. The molecule has 0 aliphatic rings. The Labute approximate surface area is 206 Å². The summed E-state index contributed by atoms with van der Waals surface area (Å²) in [6, 6.07) is 13.1. The van der Waals surface area contributed by atoms with E-state index in [9.17, 15) is 9.59 Å². The lowest BCUT2D eigenvalue weighted by Crippen LogP contribution is -2.19. The summed E-state index contributed by atoms with van der Waals surface area (Å²) in [6.07, 6.45) is 4.01. The zero-order chi connectivity index (χ0) is 23.8. The molecule has 33 heavy (non-hydrogen) atoms. The van der Waals surface area contributed by atoms with Gasteiger partial charge in [-0.15, -0.1) is 11.8 Å².